The number of hydrogen-bond donors (Lipinski definition) is 0. The Kier molecular flexibility index (Phi) is 3.75. The maximum absolute atomic E-state index is 2.81. The van der Waals surface area contributed by atoms with Crippen molar-refractivity contribution >= 4 is 9.24 Å². The summed E-state index contributed by atoms with van der Waals surface area (Å²) >= 11 is 0. The van der Waals surface area contributed by atoms with Gasteiger partial charge in [0.1, 0.15) is 0 Å². The molecule has 66 valence electrons. The lowest BCUT2D eigenvalue weighted by Crippen LogP contribution is -1.87. The Hall–Kier alpha value is -0.350. The molecule has 0 saturated carbocycles. The van der Waals surface area contributed by atoms with E-state index in [0.29, 0.717) is 5.92 Å². The van der Waals surface area contributed by atoms with E-state index >= 15 is 0 Å². The second-order valence-corrected chi connectivity index (χ2v) is 4.15. The molecule has 0 heterocycles. The van der Waals surface area contributed by atoms with Crippen molar-refractivity contribution in [3.05, 3.63) is 35.2 Å². The van der Waals surface area contributed by atoms with Gasteiger partial charge in [-0.3, -0.25) is 0 Å². The second-order valence-electron chi connectivity index (χ2n) is 3.48. The van der Waals surface area contributed by atoms with Gasteiger partial charge in [-0.1, -0.05) is 38.2 Å². The summed E-state index contributed by atoms with van der Waals surface area (Å²) in [4.78, 5) is 0. The van der Waals surface area contributed by atoms with Crippen molar-refractivity contribution in [2.24, 2.45) is 5.92 Å². The summed E-state index contributed by atoms with van der Waals surface area (Å²) in [6.07, 6.45) is 11.4. The topological polar surface area (TPSA) is 0 Å². The molecule has 0 aromatic rings. The van der Waals surface area contributed by atoms with Crippen molar-refractivity contribution in [2.45, 2.75) is 26.7 Å². The molecule has 12 heavy (non-hydrogen) atoms. The monoisotopic (exact) mass is 180 g/mol. The van der Waals surface area contributed by atoms with Gasteiger partial charge in [0.2, 0.25) is 0 Å². The lowest BCUT2D eigenvalue weighted by atomic mass is 10.0. The number of hydrogen-bond acceptors (Lipinski definition) is 0. The highest BCUT2D eigenvalue weighted by atomic mass is 31.0. The molecule has 0 bridgehead atoms. The summed E-state index contributed by atoms with van der Waals surface area (Å²) < 4.78 is 0. The van der Waals surface area contributed by atoms with Crippen LogP contribution in [0.1, 0.15) is 26.7 Å². The second kappa shape index (κ2) is 4.62. The summed E-state index contributed by atoms with van der Waals surface area (Å²) in [5.74, 6) is 0.631. The van der Waals surface area contributed by atoms with Crippen LogP contribution >= 0.6 is 9.24 Å². The maximum atomic E-state index is 2.81. The fourth-order valence-electron chi connectivity index (χ4n) is 1.10. The summed E-state index contributed by atoms with van der Waals surface area (Å²) in [5, 5.41) is 1.38. The smallest absolute Gasteiger partial charge is 0.0219 e. The van der Waals surface area contributed by atoms with Gasteiger partial charge in [-0.2, -0.15) is 0 Å². The largest absolute Gasteiger partial charge is 0.110 e. The molecule has 0 amide bonds. The zero-order chi connectivity index (χ0) is 8.97. The van der Waals surface area contributed by atoms with Crippen molar-refractivity contribution in [1.29, 1.82) is 0 Å². The SMILES string of the molecule is CC(C)/C(P)=C/C1=CCCC=C1. The van der Waals surface area contributed by atoms with Crippen LogP contribution in [0, 0.1) is 5.92 Å². The number of allylic oxidation sites excluding steroid dienone is 6. The van der Waals surface area contributed by atoms with Gasteiger partial charge in [0.15, 0.2) is 0 Å². The van der Waals surface area contributed by atoms with Gasteiger partial charge in [0.05, 0.1) is 0 Å². The summed E-state index contributed by atoms with van der Waals surface area (Å²) in [6, 6.07) is 0. The van der Waals surface area contributed by atoms with E-state index in [4.69, 9.17) is 0 Å². The van der Waals surface area contributed by atoms with E-state index in [1.807, 2.05) is 0 Å². The Balaban J connectivity index is 2.66. The summed E-state index contributed by atoms with van der Waals surface area (Å²) in [6.45, 7) is 4.43. The average molecular weight is 180 g/mol. The van der Waals surface area contributed by atoms with E-state index in [9.17, 15) is 0 Å². The molecule has 0 fully saturated rings. The van der Waals surface area contributed by atoms with Crippen molar-refractivity contribution < 1.29 is 0 Å². The first-order chi connectivity index (χ1) is 5.70. The van der Waals surface area contributed by atoms with Crippen molar-refractivity contribution in [1.82, 2.24) is 0 Å². The first-order valence-corrected chi connectivity index (χ1v) is 5.11. The molecule has 1 heteroatoms. The zero-order valence-corrected chi connectivity index (χ0v) is 9.03. The Morgan fingerprint density at radius 2 is 2.25 bits per heavy atom. The molecule has 0 saturated heterocycles. The van der Waals surface area contributed by atoms with Crippen LogP contribution in [-0.4, -0.2) is 0 Å². The van der Waals surface area contributed by atoms with Gasteiger partial charge in [-0.15, -0.1) is 9.24 Å². The highest BCUT2D eigenvalue weighted by Crippen LogP contribution is 2.21. The molecule has 0 N–H and O–H groups in total. The lowest BCUT2D eigenvalue weighted by molar-refractivity contribution is 0.815. The molecule has 1 rings (SSSR count). The summed E-state index contributed by atoms with van der Waals surface area (Å²) in [7, 11) is 2.81. The van der Waals surface area contributed by atoms with Crippen LogP contribution in [0.4, 0.5) is 0 Å². The Morgan fingerprint density at radius 3 is 2.75 bits per heavy atom. The predicted octanol–water partition coefficient (Wildman–Crippen LogP) is 3.68. The molecule has 1 atom stereocenters. The van der Waals surface area contributed by atoms with Crippen LogP contribution in [0.5, 0.6) is 0 Å². The average Bonchev–Trinajstić information content (AvgIpc) is 2.06. The highest BCUT2D eigenvalue weighted by molar-refractivity contribution is 7.22. The van der Waals surface area contributed by atoms with Gasteiger partial charge < -0.3 is 0 Å². The maximum Gasteiger partial charge on any atom is -0.0219 e. The normalized spacial score (nSPS) is 18.3. The molecule has 1 aliphatic carbocycles. The van der Waals surface area contributed by atoms with E-state index in [-0.39, 0.29) is 0 Å². The molecule has 0 nitrogen and oxygen atoms in total. The molecule has 0 aliphatic heterocycles. The van der Waals surface area contributed by atoms with Crippen molar-refractivity contribution in [3.8, 4) is 0 Å². The van der Waals surface area contributed by atoms with Crippen LogP contribution in [0.3, 0.4) is 0 Å². The highest BCUT2D eigenvalue weighted by Gasteiger charge is 1.98. The van der Waals surface area contributed by atoms with E-state index in [0.717, 1.165) is 0 Å². The third-order valence-corrected chi connectivity index (χ3v) is 2.86. The van der Waals surface area contributed by atoms with Gasteiger partial charge in [0.25, 0.3) is 0 Å². The predicted molar refractivity (Wildman–Crippen MR) is 59.1 cm³/mol. The minimum Gasteiger partial charge on any atom is -0.110 e. The molecular weight excluding hydrogens is 163 g/mol. The van der Waals surface area contributed by atoms with E-state index in [2.05, 4.69) is 47.4 Å². The zero-order valence-electron chi connectivity index (χ0n) is 7.88. The molecular formula is C11H17P. The summed E-state index contributed by atoms with van der Waals surface area (Å²) in [5.41, 5.74) is 1.36. The third kappa shape index (κ3) is 2.95. The van der Waals surface area contributed by atoms with Crippen molar-refractivity contribution in [2.75, 3.05) is 0 Å². The molecule has 0 radical (unpaired) electrons. The molecule has 0 aromatic carbocycles. The van der Waals surface area contributed by atoms with Crippen LogP contribution in [0.2, 0.25) is 0 Å². The first-order valence-electron chi connectivity index (χ1n) is 4.54. The van der Waals surface area contributed by atoms with Gasteiger partial charge >= 0.3 is 0 Å². The van der Waals surface area contributed by atoms with Gasteiger partial charge in [-0.05, 0) is 29.6 Å². The Labute approximate surface area is 77.6 Å². The fraction of sp³-hybridized carbons (Fsp3) is 0.455. The number of rotatable bonds is 2. The Bertz CT molecular complexity index is 231. The molecule has 0 spiro atoms. The first kappa shape index (κ1) is 9.74. The van der Waals surface area contributed by atoms with E-state index in [1.54, 1.807) is 0 Å². The van der Waals surface area contributed by atoms with Crippen LogP contribution in [0.25, 0.3) is 0 Å². The standard InChI is InChI=1S/C11H17P/c1-9(2)11(12)8-10-6-4-3-5-7-10/h4,6-9H,3,5,12H2,1-2H3/b11-8-. The van der Waals surface area contributed by atoms with Gasteiger partial charge in [-0.25, -0.2) is 0 Å². The molecule has 1 aliphatic rings. The quantitative estimate of drug-likeness (QED) is 0.569. The van der Waals surface area contributed by atoms with Crippen molar-refractivity contribution in [3.63, 3.8) is 0 Å². The molecule has 1 unspecified atom stereocenters. The third-order valence-electron chi connectivity index (χ3n) is 2.02. The minimum atomic E-state index is 0.631. The van der Waals surface area contributed by atoms with Gasteiger partial charge in [0, 0.05) is 0 Å². The minimum absolute atomic E-state index is 0.631. The Morgan fingerprint density at radius 1 is 1.50 bits per heavy atom. The fourth-order valence-corrected chi connectivity index (χ4v) is 1.29. The molecule has 0 aromatic heterocycles. The van der Waals surface area contributed by atoms with E-state index < -0.39 is 0 Å². The van der Waals surface area contributed by atoms with Crippen LogP contribution in [-0.2, 0) is 0 Å². The van der Waals surface area contributed by atoms with Crippen LogP contribution in [0.15, 0.2) is 35.2 Å². The van der Waals surface area contributed by atoms with Crippen LogP contribution < -0.4 is 0 Å². The lowest BCUT2D eigenvalue weighted by Gasteiger charge is -2.07. The van der Waals surface area contributed by atoms with E-state index in [1.165, 1.54) is 23.7 Å².